The predicted octanol–water partition coefficient (Wildman–Crippen LogP) is 0.707. The van der Waals surface area contributed by atoms with Gasteiger partial charge in [-0.25, -0.2) is 0 Å². The van der Waals surface area contributed by atoms with E-state index in [0.717, 1.165) is 24.2 Å². The van der Waals surface area contributed by atoms with Crippen LogP contribution in [0.3, 0.4) is 0 Å². The van der Waals surface area contributed by atoms with Crippen LogP contribution in [-0.2, 0) is 9.53 Å². The number of amides is 1. The van der Waals surface area contributed by atoms with Crippen LogP contribution in [0, 0.1) is 5.21 Å². The van der Waals surface area contributed by atoms with Crippen molar-refractivity contribution in [2.24, 2.45) is 0 Å². The molecule has 0 spiro atoms. The van der Waals surface area contributed by atoms with Gasteiger partial charge in [0.2, 0.25) is 5.91 Å². The highest BCUT2D eigenvalue weighted by molar-refractivity contribution is 7.99. The molecular weight excluding hydrogens is 252 g/mol. The molecule has 2 rings (SSSR count). The maximum Gasteiger partial charge on any atom is 0.251 e. The fourth-order valence-corrected chi connectivity index (χ4v) is 2.49. The molecule has 1 saturated heterocycles. The van der Waals surface area contributed by atoms with E-state index in [2.05, 4.69) is 5.32 Å². The smallest absolute Gasteiger partial charge is 0.251 e. The third-order valence-electron chi connectivity index (χ3n) is 2.69. The number of ether oxygens (including phenoxy) is 1. The predicted molar refractivity (Wildman–Crippen MR) is 68.1 cm³/mol. The Balaban J connectivity index is 1.69. The Morgan fingerprint density at radius 1 is 1.61 bits per heavy atom. The van der Waals surface area contributed by atoms with Crippen LogP contribution < -0.4 is 10.0 Å². The van der Waals surface area contributed by atoms with Gasteiger partial charge in [0.1, 0.15) is 0 Å². The molecule has 1 fully saturated rings. The first-order valence-electron chi connectivity index (χ1n) is 5.95. The number of hydrogen-bond acceptors (Lipinski definition) is 4. The SMILES string of the molecule is O=C(CSc1cccc[n+]1[O-])NCC1CCCO1. The van der Waals surface area contributed by atoms with Crippen molar-refractivity contribution >= 4 is 17.7 Å². The zero-order valence-corrected chi connectivity index (χ0v) is 10.8. The summed E-state index contributed by atoms with van der Waals surface area (Å²) in [5.41, 5.74) is 0. The lowest BCUT2D eigenvalue weighted by molar-refractivity contribution is -0.645. The number of carbonyl (C=O) groups excluding carboxylic acids is 1. The van der Waals surface area contributed by atoms with Gasteiger partial charge in [-0.2, -0.15) is 4.73 Å². The fourth-order valence-electron chi connectivity index (χ4n) is 1.75. The number of aromatic nitrogens is 1. The van der Waals surface area contributed by atoms with Gasteiger partial charge in [-0.05, 0) is 30.7 Å². The van der Waals surface area contributed by atoms with E-state index in [1.807, 2.05) is 0 Å². The number of thioether (sulfide) groups is 1. The standard InChI is InChI=1S/C12H16N2O3S/c15-11(13-8-10-4-3-7-17-10)9-18-12-5-1-2-6-14(12)16/h1-2,5-6,10H,3-4,7-9H2,(H,13,15). The van der Waals surface area contributed by atoms with E-state index in [9.17, 15) is 10.0 Å². The van der Waals surface area contributed by atoms with Gasteiger partial charge in [-0.1, -0.05) is 0 Å². The second-order valence-electron chi connectivity index (χ2n) is 4.09. The lowest BCUT2D eigenvalue weighted by Crippen LogP contribution is -2.34. The number of rotatable bonds is 5. The number of hydrogen-bond donors (Lipinski definition) is 1. The lowest BCUT2D eigenvalue weighted by Gasteiger charge is -2.10. The first kappa shape index (κ1) is 13.2. The molecule has 1 amide bonds. The summed E-state index contributed by atoms with van der Waals surface area (Å²) in [6.07, 6.45) is 3.65. The first-order chi connectivity index (χ1) is 8.75. The van der Waals surface area contributed by atoms with Crippen LogP contribution in [0.1, 0.15) is 12.8 Å². The second kappa shape index (κ2) is 6.61. The maximum atomic E-state index is 11.6. The van der Waals surface area contributed by atoms with Crippen LogP contribution in [0.5, 0.6) is 0 Å². The molecule has 18 heavy (non-hydrogen) atoms. The Bertz CT molecular complexity index is 408. The summed E-state index contributed by atoms with van der Waals surface area (Å²) in [5.74, 6) is 0.179. The van der Waals surface area contributed by atoms with Gasteiger partial charge < -0.3 is 15.3 Å². The first-order valence-corrected chi connectivity index (χ1v) is 6.93. The molecule has 0 bridgehead atoms. The highest BCUT2D eigenvalue weighted by Crippen LogP contribution is 2.13. The molecule has 2 heterocycles. The molecule has 0 aromatic carbocycles. The molecule has 1 N–H and O–H groups in total. The van der Waals surface area contributed by atoms with E-state index in [1.54, 1.807) is 18.2 Å². The summed E-state index contributed by atoms with van der Waals surface area (Å²) < 4.78 is 6.17. The molecule has 98 valence electrons. The molecule has 6 heteroatoms. The van der Waals surface area contributed by atoms with E-state index in [1.165, 1.54) is 18.0 Å². The van der Waals surface area contributed by atoms with E-state index in [0.29, 0.717) is 11.6 Å². The minimum Gasteiger partial charge on any atom is -0.618 e. The highest BCUT2D eigenvalue weighted by Gasteiger charge is 2.16. The van der Waals surface area contributed by atoms with Gasteiger partial charge in [0, 0.05) is 25.3 Å². The molecule has 1 aliphatic heterocycles. The summed E-state index contributed by atoms with van der Waals surface area (Å²) in [6, 6.07) is 5.14. The zero-order chi connectivity index (χ0) is 12.8. The molecule has 0 radical (unpaired) electrons. The van der Waals surface area contributed by atoms with Crippen LogP contribution in [-0.4, -0.2) is 30.9 Å². The highest BCUT2D eigenvalue weighted by atomic mass is 32.2. The zero-order valence-electron chi connectivity index (χ0n) is 10.0. The molecule has 1 aromatic rings. The summed E-state index contributed by atoms with van der Waals surface area (Å²) in [4.78, 5) is 11.6. The molecular formula is C12H16N2O3S. The van der Waals surface area contributed by atoms with Crippen molar-refractivity contribution in [2.75, 3.05) is 18.9 Å². The van der Waals surface area contributed by atoms with Gasteiger partial charge in [0.15, 0.2) is 6.20 Å². The third kappa shape index (κ3) is 3.89. The lowest BCUT2D eigenvalue weighted by atomic mass is 10.2. The van der Waals surface area contributed by atoms with Crippen molar-refractivity contribution in [1.29, 1.82) is 0 Å². The number of nitrogens with zero attached hydrogens (tertiary/aromatic N) is 1. The van der Waals surface area contributed by atoms with Crippen LogP contribution in [0.15, 0.2) is 29.4 Å². The molecule has 0 saturated carbocycles. The average molecular weight is 268 g/mol. The van der Waals surface area contributed by atoms with E-state index >= 15 is 0 Å². The summed E-state index contributed by atoms with van der Waals surface area (Å²) in [5, 5.41) is 14.7. The Hall–Kier alpha value is -1.27. The normalized spacial score (nSPS) is 18.8. The molecule has 1 unspecified atom stereocenters. The van der Waals surface area contributed by atoms with Gasteiger partial charge >= 0.3 is 0 Å². The van der Waals surface area contributed by atoms with Crippen LogP contribution in [0.2, 0.25) is 0 Å². The Morgan fingerprint density at radius 2 is 2.50 bits per heavy atom. The van der Waals surface area contributed by atoms with Gasteiger partial charge in [0.25, 0.3) is 5.03 Å². The molecule has 1 aromatic heterocycles. The van der Waals surface area contributed by atoms with Gasteiger partial charge in [-0.15, -0.1) is 0 Å². The fraction of sp³-hybridized carbons (Fsp3) is 0.500. The quantitative estimate of drug-likeness (QED) is 0.485. The summed E-state index contributed by atoms with van der Waals surface area (Å²) >= 11 is 1.24. The van der Waals surface area contributed by atoms with Crippen molar-refractivity contribution in [3.05, 3.63) is 29.6 Å². The number of carbonyl (C=O) groups is 1. The topological polar surface area (TPSA) is 65.3 Å². The van der Waals surface area contributed by atoms with Crippen molar-refractivity contribution in [3.63, 3.8) is 0 Å². The van der Waals surface area contributed by atoms with Crippen molar-refractivity contribution < 1.29 is 14.3 Å². The van der Waals surface area contributed by atoms with Crippen molar-refractivity contribution in [2.45, 2.75) is 24.0 Å². The van der Waals surface area contributed by atoms with E-state index < -0.39 is 0 Å². The van der Waals surface area contributed by atoms with Gasteiger partial charge in [0.05, 0.1) is 11.9 Å². The summed E-state index contributed by atoms with van der Waals surface area (Å²) in [7, 11) is 0. The van der Waals surface area contributed by atoms with Crippen molar-refractivity contribution in [1.82, 2.24) is 5.32 Å². The summed E-state index contributed by atoms with van der Waals surface area (Å²) in [6.45, 7) is 1.35. The monoisotopic (exact) mass is 268 g/mol. The average Bonchev–Trinajstić information content (AvgIpc) is 2.88. The van der Waals surface area contributed by atoms with E-state index in [-0.39, 0.29) is 17.8 Å². The van der Waals surface area contributed by atoms with Gasteiger partial charge in [-0.3, -0.25) is 4.79 Å². The number of pyridine rings is 1. The number of nitrogens with one attached hydrogen (secondary N) is 1. The Labute approximate surface area is 110 Å². The van der Waals surface area contributed by atoms with E-state index in [4.69, 9.17) is 4.74 Å². The minimum absolute atomic E-state index is 0.0700. The van der Waals surface area contributed by atoms with Crippen LogP contribution in [0.25, 0.3) is 0 Å². The van der Waals surface area contributed by atoms with Crippen LogP contribution >= 0.6 is 11.8 Å². The molecule has 0 aliphatic carbocycles. The maximum absolute atomic E-state index is 11.6. The van der Waals surface area contributed by atoms with Crippen LogP contribution in [0.4, 0.5) is 0 Å². The second-order valence-corrected chi connectivity index (χ2v) is 5.09. The Kier molecular flexibility index (Phi) is 4.83. The Morgan fingerprint density at radius 3 is 3.22 bits per heavy atom. The largest absolute Gasteiger partial charge is 0.618 e. The van der Waals surface area contributed by atoms with Crippen molar-refractivity contribution in [3.8, 4) is 0 Å². The molecule has 1 aliphatic rings. The molecule has 1 atom stereocenters. The minimum atomic E-state index is -0.0700. The third-order valence-corrected chi connectivity index (χ3v) is 3.71. The molecule has 5 nitrogen and oxygen atoms in total.